The zero-order valence-electron chi connectivity index (χ0n) is 4.02. The van der Waals surface area contributed by atoms with Gasteiger partial charge in [-0.2, -0.15) is 0 Å². The lowest BCUT2D eigenvalue weighted by atomic mass is 10.0. The Balaban J connectivity index is 2.08. The van der Waals surface area contributed by atoms with Gasteiger partial charge in [-0.1, -0.05) is 6.92 Å². The van der Waals surface area contributed by atoms with E-state index in [9.17, 15) is 0 Å². The molecule has 2 aliphatic rings. The maximum Gasteiger partial charge on any atom is 0.0261 e. The van der Waals surface area contributed by atoms with Gasteiger partial charge >= 0.3 is 0 Å². The van der Waals surface area contributed by atoms with Crippen molar-refractivity contribution in [3.05, 3.63) is 0 Å². The van der Waals surface area contributed by atoms with Crippen LogP contribution in [0.1, 0.15) is 6.92 Å². The lowest BCUT2D eigenvalue weighted by Crippen LogP contribution is -2.29. The molecule has 0 aromatic rings. The fourth-order valence-electron chi connectivity index (χ4n) is 1.30. The van der Waals surface area contributed by atoms with Crippen molar-refractivity contribution in [2.75, 3.05) is 13.1 Å². The van der Waals surface area contributed by atoms with E-state index in [2.05, 4.69) is 11.8 Å². The molecule has 0 aromatic carbocycles. The summed E-state index contributed by atoms with van der Waals surface area (Å²) >= 11 is 0. The number of hydrogen-bond acceptors (Lipinski definition) is 1. The van der Waals surface area contributed by atoms with E-state index in [-0.39, 0.29) is 0 Å². The van der Waals surface area contributed by atoms with Crippen molar-refractivity contribution < 1.29 is 0 Å². The number of nitrogens with zero attached hydrogens (tertiary/aromatic N) is 1. The molecule has 1 nitrogen and oxygen atoms in total. The van der Waals surface area contributed by atoms with E-state index in [1.807, 2.05) is 0 Å². The average Bonchev–Trinajstić information content (AvgIpc) is 2.12. The number of fused-ring (bicyclic) bond motifs is 1. The van der Waals surface area contributed by atoms with Crippen LogP contribution in [0.5, 0.6) is 0 Å². The molecule has 0 saturated carbocycles. The van der Waals surface area contributed by atoms with Crippen LogP contribution in [0, 0.1) is 5.92 Å². The van der Waals surface area contributed by atoms with Crippen LogP contribution >= 0.6 is 0 Å². The molecular weight excluding hydrogens is 74.1 g/mol. The van der Waals surface area contributed by atoms with Crippen LogP contribution in [0.3, 0.4) is 0 Å². The zero-order chi connectivity index (χ0) is 4.15. The molecule has 3 atom stereocenters. The molecular formula is C5H9N. The van der Waals surface area contributed by atoms with E-state index in [1.54, 1.807) is 0 Å². The minimum absolute atomic E-state index is 1.03. The van der Waals surface area contributed by atoms with Crippen molar-refractivity contribution >= 4 is 0 Å². The number of rotatable bonds is 0. The Morgan fingerprint density at radius 2 is 2.33 bits per heavy atom. The van der Waals surface area contributed by atoms with Crippen molar-refractivity contribution in [1.29, 1.82) is 0 Å². The highest BCUT2D eigenvalue weighted by Gasteiger charge is 2.48. The molecule has 2 aliphatic heterocycles. The Morgan fingerprint density at radius 1 is 1.50 bits per heavy atom. The normalized spacial score (nSPS) is 62.5. The summed E-state index contributed by atoms with van der Waals surface area (Å²) in [6.45, 7) is 5.11. The first-order valence-corrected chi connectivity index (χ1v) is 2.62. The number of hydrogen-bond donors (Lipinski definition) is 0. The van der Waals surface area contributed by atoms with Crippen molar-refractivity contribution in [3.8, 4) is 0 Å². The average molecular weight is 83.1 g/mol. The predicted octanol–water partition coefficient (Wildman–Crippen LogP) is 0.320. The van der Waals surface area contributed by atoms with Crippen molar-refractivity contribution in [2.45, 2.75) is 13.0 Å². The van der Waals surface area contributed by atoms with E-state index in [1.165, 1.54) is 13.1 Å². The van der Waals surface area contributed by atoms with E-state index in [0.29, 0.717) is 0 Å². The van der Waals surface area contributed by atoms with Crippen LogP contribution in [0.2, 0.25) is 0 Å². The Labute approximate surface area is 37.9 Å². The molecule has 0 spiro atoms. The summed E-state index contributed by atoms with van der Waals surface area (Å²) in [7, 11) is 0. The molecule has 0 N–H and O–H groups in total. The minimum Gasteiger partial charge on any atom is -0.297 e. The van der Waals surface area contributed by atoms with Crippen LogP contribution in [-0.4, -0.2) is 24.0 Å². The highest BCUT2D eigenvalue weighted by atomic mass is 15.4. The summed E-state index contributed by atoms with van der Waals surface area (Å²) in [4.78, 5) is 2.49. The van der Waals surface area contributed by atoms with E-state index in [0.717, 1.165) is 12.0 Å². The van der Waals surface area contributed by atoms with E-state index < -0.39 is 0 Å². The minimum atomic E-state index is 1.03. The lowest BCUT2D eigenvalue weighted by molar-refractivity contribution is 0.274. The predicted molar refractivity (Wildman–Crippen MR) is 24.5 cm³/mol. The molecule has 2 heterocycles. The van der Waals surface area contributed by atoms with Gasteiger partial charge in [0.15, 0.2) is 0 Å². The Morgan fingerprint density at radius 3 is 2.33 bits per heavy atom. The summed E-state index contributed by atoms with van der Waals surface area (Å²) in [5, 5.41) is 0. The Hall–Kier alpha value is -0.0400. The van der Waals surface area contributed by atoms with Crippen molar-refractivity contribution in [2.24, 2.45) is 5.92 Å². The summed E-state index contributed by atoms with van der Waals surface area (Å²) in [6.07, 6.45) is 0. The van der Waals surface area contributed by atoms with Crippen LogP contribution in [0.15, 0.2) is 0 Å². The third kappa shape index (κ3) is 0.178. The van der Waals surface area contributed by atoms with Crippen molar-refractivity contribution in [1.82, 2.24) is 4.90 Å². The summed E-state index contributed by atoms with van der Waals surface area (Å²) in [5.74, 6) is 1.03. The zero-order valence-corrected chi connectivity index (χ0v) is 4.02. The van der Waals surface area contributed by atoms with Crippen molar-refractivity contribution in [3.63, 3.8) is 0 Å². The monoisotopic (exact) mass is 83.1 g/mol. The van der Waals surface area contributed by atoms with Crippen LogP contribution < -0.4 is 0 Å². The fourth-order valence-corrected chi connectivity index (χ4v) is 1.30. The maximum atomic E-state index is 2.49. The highest BCUT2D eigenvalue weighted by molar-refractivity contribution is 5.03. The topological polar surface area (TPSA) is 3.01 Å². The van der Waals surface area contributed by atoms with E-state index >= 15 is 0 Å². The Bertz CT molecular complexity index is 80.0. The maximum absolute atomic E-state index is 2.49. The van der Waals surface area contributed by atoms with Gasteiger partial charge in [-0.15, -0.1) is 0 Å². The molecule has 34 valence electrons. The fraction of sp³-hybridized carbons (Fsp3) is 1.00. The third-order valence-electron chi connectivity index (χ3n) is 1.94. The smallest absolute Gasteiger partial charge is 0.0261 e. The standard InChI is InChI=1S/C5H9N/c1-4-2-6-3-5(4)6/h4-5H,2-3H2,1H3. The molecule has 2 fully saturated rings. The second kappa shape index (κ2) is 0.648. The highest BCUT2D eigenvalue weighted by Crippen LogP contribution is 2.36. The van der Waals surface area contributed by atoms with Gasteiger partial charge in [-0.25, -0.2) is 0 Å². The van der Waals surface area contributed by atoms with Gasteiger partial charge in [0.2, 0.25) is 0 Å². The molecule has 2 saturated heterocycles. The molecule has 6 heavy (non-hydrogen) atoms. The molecule has 0 radical (unpaired) electrons. The largest absolute Gasteiger partial charge is 0.297 e. The third-order valence-corrected chi connectivity index (χ3v) is 1.94. The SMILES string of the molecule is CC1CN2CC12. The molecule has 0 aromatic heterocycles. The molecule has 0 amide bonds. The first-order chi connectivity index (χ1) is 2.88. The van der Waals surface area contributed by atoms with Crippen LogP contribution in [0.25, 0.3) is 0 Å². The van der Waals surface area contributed by atoms with Gasteiger partial charge < -0.3 is 0 Å². The van der Waals surface area contributed by atoms with Crippen LogP contribution in [-0.2, 0) is 0 Å². The van der Waals surface area contributed by atoms with Gasteiger partial charge in [0.25, 0.3) is 0 Å². The quantitative estimate of drug-likeness (QED) is 0.381. The second-order valence-electron chi connectivity index (χ2n) is 2.50. The van der Waals surface area contributed by atoms with Gasteiger partial charge in [-0.3, -0.25) is 4.90 Å². The second-order valence-corrected chi connectivity index (χ2v) is 2.50. The molecule has 3 unspecified atom stereocenters. The van der Waals surface area contributed by atoms with Gasteiger partial charge in [0.05, 0.1) is 0 Å². The lowest BCUT2D eigenvalue weighted by Gasteiger charge is -2.20. The van der Waals surface area contributed by atoms with Gasteiger partial charge in [-0.05, 0) is 5.92 Å². The summed E-state index contributed by atoms with van der Waals surface area (Å²) in [5.41, 5.74) is 0. The summed E-state index contributed by atoms with van der Waals surface area (Å²) in [6, 6.07) is 1.03. The van der Waals surface area contributed by atoms with E-state index in [4.69, 9.17) is 0 Å². The van der Waals surface area contributed by atoms with Crippen LogP contribution in [0.4, 0.5) is 0 Å². The molecule has 2 rings (SSSR count). The Kier molecular flexibility index (Phi) is 0.327. The summed E-state index contributed by atoms with van der Waals surface area (Å²) < 4.78 is 0. The van der Waals surface area contributed by atoms with Gasteiger partial charge in [0, 0.05) is 19.1 Å². The molecule has 0 bridgehead atoms. The molecule has 0 aliphatic carbocycles. The molecule has 1 heteroatoms. The first kappa shape index (κ1) is 3.03. The van der Waals surface area contributed by atoms with Gasteiger partial charge in [0.1, 0.15) is 0 Å². The first-order valence-electron chi connectivity index (χ1n) is 2.62.